The van der Waals surface area contributed by atoms with Gasteiger partial charge in [-0.05, 0) is 30.7 Å². The molecule has 0 aliphatic carbocycles. The van der Waals surface area contributed by atoms with E-state index in [1.54, 1.807) is 19.1 Å². The van der Waals surface area contributed by atoms with Crippen molar-refractivity contribution in [1.82, 2.24) is 5.32 Å². The highest BCUT2D eigenvalue weighted by Crippen LogP contribution is 2.36. The highest BCUT2D eigenvalue weighted by atomic mass is 35.5. The van der Waals surface area contributed by atoms with Crippen molar-refractivity contribution < 1.29 is 23.7 Å². The van der Waals surface area contributed by atoms with E-state index < -0.39 is 6.04 Å². The van der Waals surface area contributed by atoms with E-state index in [4.69, 9.17) is 30.5 Å². The van der Waals surface area contributed by atoms with Gasteiger partial charge < -0.3 is 29.6 Å². The number of hydrogen-bond acceptors (Lipinski definition) is 6. The van der Waals surface area contributed by atoms with Crippen molar-refractivity contribution in [2.24, 2.45) is 0 Å². The molecule has 1 aliphatic heterocycles. The fraction of sp³-hybridized carbons (Fsp3) is 0.316. The number of fused-ring (bicyclic) bond motifs is 1. The Morgan fingerprint density at radius 3 is 2.63 bits per heavy atom. The lowest BCUT2D eigenvalue weighted by atomic mass is 10.2. The molecule has 2 N–H and O–H groups in total. The smallest absolute Gasteiger partial charge is 0.242 e. The number of carbonyl (C=O) groups is 1. The molecule has 0 saturated carbocycles. The molecule has 144 valence electrons. The zero-order valence-corrected chi connectivity index (χ0v) is 16.1. The van der Waals surface area contributed by atoms with E-state index in [1.807, 2.05) is 18.2 Å². The monoisotopic (exact) mass is 392 g/mol. The lowest BCUT2D eigenvalue weighted by molar-refractivity contribution is -0.121. The van der Waals surface area contributed by atoms with Crippen LogP contribution in [-0.2, 0) is 11.3 Å². The number of amides is 1. The van der Waals surface area contributed by atoms with Crippen molar-refractivity contribution in [2.75, 3.05) is 26.3 Å². The van der Waals surface area contributed by atoms with Gasteiger partial charge >= 0.3 is 0 Å². The number of ether oxygens (including phenoxy) is 4. The molecule has 0 unspecified atom stereocenters. The number of hydrogen-bond donors (Lipinski definition) is 2. The highest BCUT2D eigenvalue weighted by Gasteiger charge is 2.18. The van der Waals surface area contributed by atoms with Crippen LogP contribution in [0.2, 0.25) is 5.02 Å². The van der Waals surface area contributed by atoms with Gasteiger partial charge in [-0.15, -0.1) is 0 Å². The van der Waals surface area contributed by atoms with E-state index in [1.165, 1.54) is 14.2 Å². The first-order chi connectivity index (χ1) is 13.0. The summed E-state index contributed by atoms with van der Waals surface area (Å²) in [4.78, 5) is 12.4. The van der Waals surface area contributed by atoms with E-state index in [2.05, 4.69) is 10.6 Å². The summed E-state index contributed by atoms with van der Waals surface area (Å²) in [6.07, 6.45) is 0. The summed E-state index contributed by atoms with van der Waals surface area (Å²) in [5.74, 6) is 2.27. The molecule has 1 aliphatic rings. The summed E-state index contributed by atoms with van der Waals surface area (Å²) in [6.45, 7) is 2.35. The Labute approximate surface area is 162 Å². The number of methoxy groups -OCH3 is 2. The fourth-order valence-electron chi connectivity index (χ4n) is 2.66. The molecule has 0 saturated heterocycles. The summed E-state index contributed by atoms with van der Waals surface area (Å²) in [6, 6.07) is 8.40. The second-order valence-electron chi connectivity index (χ2n) is 5.96. The Morgan fingerprint density at radius 2 is 1.89 bits per heavy atom. The largest absolute Gasteiger partial charge is 0.495 e. The van der Waals surface area contributed by atoms with Gasteiger partial charge in [0.05, 0.1) is 24.9 Å². The SMILES string of the molecule is COc1cc(OC)c(N[C@@H](C)C(=O)NCc2ccc3c(c2)OCO3)cc1Cl. The van der Waals surface area contributed by atoms with Gasteiger partial charge in [0, 0.05) is 12.6 Å². The van der Waals surface area contributed by atoms with Gasteiger partial charge in [-0.1, -0.05) is 17.7 Å². The third kappa shape index (κ3) is 4.31. The van der Waals surface area contributed by atoms with Crippen LogP contribution in [0.4, 0.5) is 5.69 Å². The Balaban J connectivity index is 1.61. The Morgan fingerprint density at radius 1 is 1.15 bits per heavy atom. The van der Waals surface area contributed by atoms with Crippen molar-refractivity contribution in [3.63, 3.8) is 0 Å². The lowest BCUT2D eigenvalue weighted by Crippen LogP contribution is -2.37. The highest BCUT2D eigenvalue weighted by molar-refractivity contribution is 6.32. The first-order valence-electron chi connectivity index (χ1n) is 8.36. The topological polar surface area (TPSA) is 78.1 Å². The number of benzene rings is 2. The predicted molar refractivity (Wildman–Crippen MR) is 102 cm³/mol. The van der Waals surface area contributed by atoms with Crippen LogP contribution in [0, 0.1) is 0 Å². The molecule has 1 heterocycles. The minimum absolute atomic E-state index is 0.165. The number of halogens is 1. The van der Waals surface area contributed by atoms with Crippen molar-refractivity contribution in [3.8, 4) is 23.0 Å². The van der Waals surface area contributed by atoms with Crippen LogP contribution in [0.15, 0.2) is 30.3 Å². The lowest BCUT2D eigenvalue weighted by Gasteiger charge is -2.18. The van der Waals surface area contributed by atoms with Gasteiger partial charge in [-0.2, -0.15) is 0 Å². The fourth-order valence-corrected chi connectivity index (χ4v) is 2.91. The maximum absolute atomic E-state index is 12.4. The predicted octanol–water partition coefficient (Wildman–Crippen LogP) is 3.20. The molecule has 7 nitrogen and oxygen atoms in total. The molecule has 0 bridgehead atoms. The van der Waals surface area contributed by atoms with Crippen LogP contribution in [0.1, 0.15) is 12.5 Å². The molecule has 0 aromatic heterocycles. The van der Waals surface area contributed by atoms with Crippen LogP contribution < -0.4 is 29.6 Å². The molecule has 8 heteroatoms. The maximum atomic E-state index is 12.4. The molecule has 27 heavy (non-hydrogen) atoms. The number of nitrogens with one attached hydrogen (secondary N) is 2. The molecule has 0 fully saturated rings. The van der Waals surface area contributed by atoms with Crippen LogP contribution in [0.3, 0.4) is 0 Å². The maximum Gasteiger partial charge on any atom is 0.242 e. The van der Waals surface area contributed by atoms with Gasteiger partial charge in [-0.25, -0.2) is 0 Å². The van der Waals surface area contributed by atoms with Crippen molar-refractivity contribution in [3.05, 3.63) is 40.9 Å². The van der Waals surface area contributed by atoms with Gasteiger partial charge in [0.2, 0.25) is 12.7 Å². The third-order valence-corrected chi connectivity index (χ3v) is 4.44. The quantitative estimate of drug-likeness (QED) is 0.753. The number of carbonyl (C=O) groups excluding carboxylic acids is 1. The van der Waals surface area contributed by atoms with Gasteiger partial charge in [0.15, 0.2) is 11.5 Å². The van der Waals surface area contributed by atoms with Gasteiger partial charge in [0.25, 0.3) is 0 Å². The van der Waals surface area contributed by atoms with Crippen LogP contribution >= 0.6 is 11.6 Å². The van der Waals surface area contributed by atoms with E-state index in [0.29, 0.717) is 40.3 Å². The minimum atomic E-state index is -0.502. The Bertz CT molecular complexity index is 843. The molecule has 0 radical (unpaired) electrons. The Hall–Kier alpha value is -2.80. The van der Waals surface area contributed by atoms with E-state index in [-0.39, 0.29) is 12.7 Å². The van der Waals surface area contributed by atoms with Crippen molar-refractivity contribution in [2.45, 2.75) is 19.5 Å². The zero-order valence-electron chi connectivity index (χ0n) is 15.3. The summed E-state index contributed by atoms with van der Waals surface area (Å²) in [5, 5.41) is 6.42. The number of rotatable bonds is 7. The summed E-state index contributed by atoms with van der Waals surface area (Å²) in [5.41, 5.74) is 1.53. The van der Waals surface area contributed by atoms with Crippen molar-refractivity contribution in [1.29, 1.82) is 0 Å². The van der Waals surface area contributed by atoms with Crippen LogP contribution in [0.5, 0.6) is 23.0 Å². The summed E-state index contributed by atoms with van der Waals surface area (Å²) >= 11 is 6.17. The molecule has 0 spiro atoms. The van der Waals surface area contributed by atoms with Crippen LogP contribution in [-0.4, -0.2) is 33.0 Å². The zero-order chi connectivity index (χ0) is 19.4. The minimum Gasteiger partial charge on any atom is -0.495 e. The molecular weight excluding hydrogens is 372 g/mol. The molecule has 1 atom stereocenters. The summed E-state index contributed by atoms with van der Waals surface area (Å²) < 4.78 is 21.1. The average molecular weight is 393 g/mol. The molecule has 3 rings (SSSR count). The van der Waals surface area contributed by atoms with E-state index >= 15 is 0 Å². The number of anilines is 1. The first kappa shape index (κ1) is 19.0. The van der Waals surface area contributed by atoms with E-state index in [0.717, 1.165) is 5.56 Å². The van der Waals surface area contributed by atoms with Crippen molar-refractivity contribution >= 4 is 23.2 Å². The molecule has 1 amide bonds. The normalized spacial score (nSPS) is 13.0. The first-order valence-corrected chi connectivity index (χ1v) is 8.74. The molecule has 2 aromatic carbocycles. The van der Waals surface area contributed by atoms with Gasteiger partial charge in [0.1, 0.15) is 17.5 Å². The second-order valence-corrected chi connectivity index (χ2v) is 6.37. The van der Waals surface area contributed by atoms with Gasteiger partial charge in [-0.3, -0.25) is 4.79 Å². The third-order valence-electron chi connectivity index (χ3n) is 4.14. The van der Waals surface area contributed by atoms with E-state index in [9.17, 15) is 4.79 Å². The van der Waals surface area contributed by atoms with Crippen LogP contribution in [0.25, 0.3) is 0 Å². The Kier molecular flexibility index (Phi) is 5.81. The molecule has 2 aromatic rings. The second kappa shape index (κ2) is 8.26. The summed E-state index contributed by atoms with van der Waals surface area (Å²) in [7, 11) is 3.07. The standard InChI is InChI=1S/C19H21ClN2O5/c1-11(22-14-7-13(20)16(24-2)8-17(14)25-3)19(23)21-9-12-4-5-15-18(6-12)27-10-26-15/h4-8,11,22H,9-10H2,1-3H3,(H,21,23)/t11-/m0/s1. The molecular formula is C19H21ClN2O5. The average Bonchev–Trinajstić information content (AvgIpc) is 3.14.